The predicted octanol–water partition coefficient (Wildman–Crippen LogP) is 2.94. The summed E-state index contributed by atoms with van der Waals surface area (Å²) >= 11 is 11.9. The first kappa shape index (κ1) is 12.0. The van der Waals surface area contributed by atoms with Crippen LogP contribution < -0.4 is 0 Å². The van der Waals surface area contributed by atoms with Gasteiger partial charge in [0.15, 0.2) is 0 Å². The molecule has 1 aliphatic rings. The van der Waals surface area contributed by atoms with Gasteiger partial charge in [-0.25, -0.2) is 4.68 Å². The van der Waals surface area contributed by atoms with Gasteiger partial charge in [-0.3, -0.25) is 0 Å². The van der Waals surface area contributed by atoms with Crippen LogP contribution in [-0.4, -0.2) is 20.1 Å². The van der Waals surface area contributed by atoms with Crippen molar-refractivity contribution < 1.29 is 5.11 Å². The predicted molar refractivity (Wildman–Crippen MR) is 69.3 cm³/mol. The molecular weight excluding hydrogens is 273 g/mol. The topological polar surface area (TPSA) is 50.9 Å². The first-order chi connectivity index (χ1) is 8.70. The van der Waals surface area contributed by atoms with E-state index in [4.69, 9.17) is 23.2 Å². The van der Waals surface area contributed by atoms with E-state index in [0.29, 0.717) is 21.7 Å². The summed E-state index contributed by atoms with van der Waals surface area (Å²) in [6.45, 7) is -0.0901. The number of aliphatic hydroxyl groups excluding tert-OH is 1. The highest BCUT2D eigenvalue weighted by Gasteiger charge is 2.31. The van der Waals surface area contributed by atoms with Gasteiger partial charge in [0.25, 0.3) is 0 Å². The van der Waals surface area contributed by atoms with Gasteiger partial charge >= 0.3 is 0 Å². The molecule has 0 atom stereocenters. The molecule has 0 radical (unpaired) electrons. The molecule has 94 valence electrons. The Bertz CT molecular complexity index is 593. The molecule has 0 bridgehead atoms. The van der Waals surface area contributed by atoms with Crippen molar-refractivity contribution in [1.82, 2.24) is 15.0 Å². The lowest BCUT2D eigenvalue weighted by Crippen LogP contribution is -2.02. The lowest BCUT2D eigenvalue weighted by Gasteiger charge is -2.07. The zero-order chi connectivity index (χ0) is 12.7. The number of benzene rings is 1. The third-order valence-electron chi connectivity index (χ3n) is 3.04. The fourth-order valence-electron chi connectivity index (χ4n) is 2.01. The Kier molecular flexibility index (Phi) is 3.01. The first-order valence-corrected chi connectivity index (χ1v) is 6.47. The smallest absolute Gasteiger partial charge is 0.112 e. The van der Waals surface area contributed by atoms with Crippen LogP contribution in [0.2, 0.25) is 10.0 Å². The first-order valence-electron chi connectivity index (χ1n) is 5.71. The van der Waals surface area contributed by atoms with Crippen LogP contribution in [0.4, 0.5) is 0 Å². The third kappa shape index (κ3) is 2.00. The van der Waals surface area contributed by atoms with Crippen molar-refractivity contribution in [3.8, 4) is 5.69 Å². The maximum atomic E-state index is 9.29. The van der Waals surface area contributed by atoms with Gasteiger partial charge in [0.2, 0.25) is 0 Å². The molecule has 1 saturated carbocycles. The summed E-state index contributed by atoms with van der Waals surface area (Å²) in [5.41, 5.74) is 2.44. The van der Waals surface area contributed by atoms with Crippen molar-refractivity contribution in [1.29, 1.82) is 0 Å². The molecule has 6 heteroatoms. The van der Waals surface area contributed by atoms with Crippen LogP contribution in [0.5, 0.6) is 0 Å². The van der Waals surface area contributed by atoms with Crippen LogP contribution in [0.1, 0.15) is 30.1 Å². The normalized spacial score (nSPS) is 15.1. The molecule has 1 fully saturated rings. The Balaban J connectivity index is 2.10. The van der Waals surface area contributed by atoms with Crippen molar-refractivity contribution in [3.63, 3.8) is 0 Å². The van der Waals surface area contributed by atoms with Gasteiger partial charge in [-0.15, -0.1) is 5.10 Å². The third-order valence-corrected chi connectivity index (χ3v) is 3.78. The summed E-state index contributed by atoms with van der Waals surface area (Å²) in [7, 11) is 0. The van der Waals surface area contributed by atoms with Crippen molar-refractivity contribution in [2.24, 2.45) is 0 Å². The van der Waals surface area contributed by atoms with Crippen LogP contribution in [0.15, 0.2) is 18.2 Å². The lowest BCUT2D eigenvalue weighted by molar-refractivity contribution is 0.275. The number of halogens is 2. The maximum absolute atomic E-state index is 9.29. The lowest BCUT2D eigenvalue weighted by atomic mass is 10.2. The summed E-state index contributed by atoms with van der Waals surface area (Å²) in [6.07, 6.45) is 2.23. The number of aliphatic hydroxyl groups is 1. The Hall–Kier alpha value is -1.10. The van der Waals surface area contributed by atoms with Crippen molar-refractivity contribution in [2.45, 2.75) is 25.4 Å². The Morgan fingerprint density at radius 1 is 1.28 bits per heavy atom. The van der Waals surface area contributed by atoms with Crippen LogP contribution in [0, 0.1) is 0 Å². The van der Waals surface area contributed by atoms with Gasteiger partial charge in [-0.1, -0.05) is 28.4 Å². The van der Waals surface area contributed by atoms with Crippen molar-refractivity contribution >= 4 is 23.2 Å². The standard InChI is InChI=1S/C12H11Cl2N3O/c13-9-4-3-8(5-10(9)14)17-12(7-1-2-7)11(6-18)15-16-17/h3-5,7,18H,1-2,6H2. The minimum absolute atomic E-state index is 0.0901. The number of hydrogen-bond donors (Lipinski definition) is 1. The molecule has 0 spiro atoms. The zero-order valence-corrected chi connectivity index (χ0v) is 11.0. The van der Waals surface area contributed by atoms with E-state index in [1.54, 1.807) is 16.8 Å². The van der Waals surface area contributed by atoms with E-state index >= 15 is 0 Å². The highest BCUT2D eigenvalue weighted by molar-refractivity contribution is 6.42. The van der Waals surface area contributed by atoms with Gasteiger partial charge < -0.3 is 5.11 Å². The summed E-state index contributed by atoms with van der Waals surface area (Å²) in [5.74, 6) is 0.441. The molecule has 0 saturated heterocycles. The van der Waals surface area contributed by atoms with E-state index in [-0.39, 0.29) is 6.61 Å². The van der Waals surface area contributed by atoms with E-state index in [1.165, 1.54) is 0 Å². The second-order valence-electron chi connectivity index (χ2n) is 4.36. The van der Waals surface area contributed by atoms with Gasteiger partial charge in [-0.2, -0.15) is 0 Å². The van der Waals surface area contributed by atoms with E-state index in [9.17, 15) is 5.11 Å². The Morgan fingerprint density at radius 2 is 2.06 bits per heavy atom. The fourth-order valence-corrected chi connectivity index (χ4v) is 2.30. The number of rotatable bonds is 3. The molecule has 1 aromatic heterocycles. The van der Waals surface area contributed by atoms with E-state index < -0.39 is 0 Å². The molecule has 1 N–H and O–H groups in total. The van der Waals surface area contributed by atoms with Crippen molar-refractivity contribution in [2.75, 3.05) is 0 Å². The highest BCUT2D eigenvalue weighted by atomic mass is 35.5. The summed E-state index contributed by atoms with van der Waals surface area (Å²) in [4.78, 5) is 0. The molecule has 1 aliphatic carbocycles. The second kappa shape index (κ2) is 4.53. The minimum Gasteiger partial charge on any atom is -0.390 e. The molecular formula is C12H11Cl2N3O. The minimum atomic E-state index is -0.0901. The molecule has 1 aromatic carbocycles. The molecule has 18 heavy (non-hydrogen) atoms. The van der Waals surface area contributed by atoms with Gasteiger partial charge in [0, 0.05) is 5.92 Å². The van der Waals surface area contributed by atoms with Crippen LogP contribution >= 0.6 is 23.2 Å². The average molecular weight is 284 g/mol. The van der Waals surface area contributed by atoms with E-state index in [0.717, 1.165) is 24.2 Å². The quantitative estimate of drug-likeness (QED) is 0.942. The SMILES string of the molecule is OCc1nnn(-c2ccc(Cl)c(Cl)c2)c1C1CC1. The molecule has 1 heterocycles. The largest absolute Gasteiger partial charge is 0.390 e. The van der Waals surface area contributed by atoms with Gasteiger partial charge in [0.1, 0.15) is 5.69 Å². The van der Waals surface area contributed by atoms with Crippen LogP contribution in [0.3, 0.4) is 0 Å². The Morgan fingerprint density at radius 3 is 2.67 bits per heavy atom. The van der Waals surface area contributed by atoms with Gasteiger partial charge in [-0.05, 0) is 31.0 Å². The highest BCUT2D eigenvalue weighted by Crippen LogP contribution is 2.42. The molecule has 0 amide bonds. The molecule has 0 unspecified atom stereocenters. The van der Waals surface area contributed by atoms with Crippen LogP contribution in [-0.2, 0) is 6.61 Å². The van der Waals surface area contributed by atoms with E-state index in [2.05, 4.69) is 10.3 Å². The summed E-state index contributed by atoms with van der Waals surface area (Å²) in [6, 6.07) is 5.33. The second-order valence-corrected chi connectivity index (χ2v) is 5.18. The van der Waals surface area contributed by atoms with E-state index in [1.807, 2.05) is 6.07 Å². The number of nitrogens with zero attached hydrogens (tertiary/aromatic N) is 3. The monoisotopic (exact) mass is 283 g/mol. The van der Waals surface area contributed by atoms with Gasteiger partial charge in [0.05, 0.1) is 28.0 Å². The molecule has 4 nitrogen and oxygen atoms in total. The maximum Gasteiger partial charge on any atom is 0.112 e. The summed E-state index contributed by atoms with van der Waals surface area (Å²) < 4.78 is 1.74. The average Bonchev–Trinajstić information content (AvgIpc) is 3.12. The fraction of sp³-hybridized carbons (Fsp3) is 0.333. The Labute approximate surface area is 114 Å². The number of hydrogen-bond acceptors (Lipinski definition) is 3. The van der Waals surface area contributed by atoms with Crippen molar-refractivity contribution in [3.05, 3.63) is 39.6 Å². The molecule has 3 rings (SSSR count). The van der Waals surface area contributed by atoms with Crippen LogP contribution in [0.25, 0.3) is 5.69 Å². The number of aromatic nitrogens is 3. The molecule has 0 aliphatic heterocycles. The molecule has 2 aromatic rings. The zero-order valence-electron chi connectivity index (χ0n) is 9.48. The summed E-state index contributed by atoms with van der Waals surface area (Å²) in [5, 5.41) is 18.4.